The van der Waals surface area contributed by atoms with Crippen molar-refractivity contribution < 1.29 is 8.91 Å². The zero-order chi connectivity index (χ0) is 11.7. The highest BCUT2D eigenvalue weighted by molar-refractivity contribution is 5.85. The fourth-order valence-electron chi connectivity index (χ4n) is 1.78. The minimum absolute atomic E-state index is 0. The van der Waals surface area contributed by atoms with Crippen LogP contribution in [0, 0.1) is 0 Å². The molecule has 8 heteroatoms. The fourth-order valence-corrected chi connectivity index (χ4v) is 1.78. The van der Waals surface area contributed by atoms with Gasteiger partial charge in [-0.25, -0.2) is 9.37 Å². The zero-order valence-electron chi connectivity index (χ0n) is 9.28. The van der Waals surface area contributed by atoms with Crippen LogP contribution in [0.25, 0.3) is 11.5 Å². The van der Waals surface area contributed by atoms with E-state index in [9.17, 15) is 4.39 Å². The van der Waals surface area contributed by atoms with E-state index in [2.05, 4.69) is 25.4 Å². The van der Waals surface area contributed by atoms with E-state index in [1.165, 1.54) is 0 Å². The standard InChI is InChI=1S/C10H10FN5O.ClH/c11-6-3-7(14-4-6)10-15-9(16-17-10)8-5-12-1-2-13-8;/h1-2,5-7,14H,3-4H2;1H/t6-,7+;/m0./s1. The van der Waals surface area contributed by atoms with Crippen LogP contribution in [0.4, 0.5) is 4.39 Å². The third kappa shape index (κ3) is 2.46. The summed E-state index contributed by atoms with van der Waals surface area (Å²) in [6.07, 6.45) is 4.18. The highest BCUT2D eigenvalue weighted by Crippen LogP contribution is 2.24. The van der Waals surface area contributed by atoms with Crippen molar-refractivity contribution in [2.24, 2.45) is 0 Å². The van der Waals surface area contributed by atoms with Gasteiger partial charge in [-0.05, 0) is 0 Å². The van der Waals surface area contributed by atoms with Crippen molar-refractivity contribution in [3.05, 3.63) is 24.5 Å². The van der Waals surface area contributed by atoms with Crippen LogP contribution in [0.15, 0.2) is 23.1 Å². The van der Waals surface area contributed by atoms with Crippen LogP contribution < -0.4 is 5.32 Å². The summed E-state index contributed by atoms with van der Waals surface area (Å²) in [6.45, 7) is 0.327. The van der Waals surface area contributed by atoms with Crippen molar-refractivity contribution in [2.75, 3.05) is 6.54 Å². The molecule has 18 heavy (non-hydrogen) atoms. The van der Waals surface area contributed by atoms with Crippen LogP contribution in [0.2, 0.25) is 0 Å². The van der Waals surface area contributed by atoms with Gasteiger partial charge in [-0.1, -0.05) is 5.16 Å². The van der Waals surface area contributed by atoms with Gasteiger partial charge in [0.25, 0.3) is 0 Å². The average molecular weight is 272 g/mol. The van der Waals surface area contributed by atoms with E-state index in [1.807, 2.05) is 0 Å². The lowest BCUT2D eigenvalue weighted by molar-refractivity contribution is 0.324. The van der Waals surface area contributed by atoms with Crippen LogP contribution in [0.3, 0.4) is 0 Å². The Kier molecular flexibility index (Phi) is 3.83. The van der Waals surface area contributed by atoms with E-state index in [1.54, 1.807) is 18.6 Å². The SMILES string of the molecule is Cl.F[C@@H]1CN[C@@H](c2nc(-c3cnccn3)no2)C1. The van der Waals surface area contributed by atoms with Crippen LogP contribution in [0.5, 0.6) is 0 Å². The van der Waals surface area contributed by atoms with Crippen molar-refractivity contribution in [3.8, 4) is 11.5 Å². The van der Waals surface area contributed by atoms with Gasteiger partial charge < -0.3 is 9.84 Å². The Balaban J connectivity index is 0.00000120. The van der Waals surface area contributed by atoms with E-state index >= 15 is 0 Å². The summed E-state index contributed by atoms with van der Waals surface area (Å²) in [6, 6.07) is -0.206. The molecule has 3 heterocycles. The molecule has 0 aromatic carbocycles. The molecule has 1 saturated heterocycles. The second-order valence-electron chi connectivity index (χ2n) is 3.84. The Labute approximate surface area is 108 Å². The van der Waals surface area contributed by atoms with E-state index in [-0.39, 0.29) is 18.4 Å². The molecule has 0 saturated carbocycles. The van der Waals surface area contributed by atoms with E-state index in [0.717, 1.165) is 0 Å². The Morgan fingerprint density at radius 1 is 1.39 bits per heavy atom. The summed E-state index contributed by atoms with van der Waals surface area (Å²) in [5, 5.41) is 6.79. The van der Waals surface area contributed by atoms with Crippen LogP contribution in [-0.2, 0) is 0 Å². The van der Waals surface area contributed by atoms with Crippen molar-refractivity contribution in [2.45, 2.75) is 18.6 Å². The minimum atomic E-state index is -0.855. The number of alkyl halides is 1. The van der Waals surface area contributed by atoms with Crippen molar-refractivity contribution in [3.63, 3.8) is 0 Å². The third-order valence-electron chi connectivity index (χ3n) is 2.61. The molecule has 0 amide bonds. The Bertz CT molecular complexity index is 508. The van der Waals surface area contributed by atoms with E-state index < -0.39 is 6.17 Å². The number of halogens is 2. The maximum absolute atomic E-state index is 13.0. The molecule has 1 N–H and O–H groups in total. The molecule has 2 aromatic heterocycles. The van der Waals surface area contributed by atoms with Gasteiger partial charge in [-0.3, -0.25) is 4.98 Å². The maximum atomic E-state index is 13.0. The highest BCUT2D eigenvalue weighted by Gasteiger charge is 2.29. The predicted molar refractivity (Wildman–Crippen MR) is 62.8 cm³/mol. The van der Waals surface area contributed by atoms with Crippen LogP contribution in [-0.4, -0.2) is 32.8 Å². The van der Waals surface area contributed by atoms with Gasteiger partial charge in [0.2, 0.25) is 11.7 Å². The van der Waals surface area contributed by atoms with Gasteiger partial charge in [0.15, 0.2) is 0 Å². The fraction of sp³-hybridized carbons (Fsp3) is 0.400. The molecule has 2 atom stereocenters. The average Bonchev–Trinajstić information content (AvgIpc) is 2.98. The maximum Gasteiger partial charge on any atom is 0.244 e. The van der Waals surface area contributed by atoms with Gasteiger partial charge in [0.05, 0.1) is 12.2 Å². The van der Waals surface area contributed by atoms with Crippen molar-refractivity contribution in [1.29, 1.82) is 0 Å². The topological polar surface area (TPSA) is 76.7 Å². The summed E-state index contributed by atoms with van der Waals surface area (Å²) >= 11 is 0. The molecular weight excluding hydrogens is 261 g/mol. The molecule has 0 bridgehead atoms. The third-order valence-corrected chi connectivity index (χ3v) is 2.61. The molecule has 0 radical (unpaired) electrons. The first-order valence-electron chi connectivity index (χ1n) is 5.30. The summed E-state index contributed by atoms with van der Waals surface area (Å²) < 4.78 is 18.1. The largest absolute Gasteiger partial charge is 0.337 e. The molecular formula is C10H11ClFN5O. The first-order valence-corrected chi connectivity index (χ1v) is 5.30. The Morgan fingerprint density at radius 3 is 2.94 bits per heavy atom. The second kappa shape index (κ2) is 5.36. The molecule has 1 aliphatic rings. The summed E-state index contributed by atoms with van der Waals surface area (Å²) in [4.78, 5) is 12.2. The number of nitrogens with zero attached hydrogens (tertiary/aromatic N) is 4. The molecule has 2 aromatic rings. The highest BCUT2D eigenvalue weighted by atomic mass is 35.5. The zero-order valence-corrected chi connectivity index (χ0v) is 10.1. The lowest BCUT2D eigenvalue weighted by atomic mass is 10.2. The van der Waals surface area contributed by atoms with Crippen molar-refractivity contribution >= 4 is 12.4 Å². The Morgan fingerprint density at radius 2 is 2.28 bits per heavy atom. The quantitative estimate of drug-likeness (QED) is 0.888. The first kappa shape index (κ1) is 12.8. The Hall–Kier alpha value is -1.60. The number of hydrogen-bond donors (Lipinski definition) is 1. The molecule has 0 spiro atoms. The lowest BCUT2D eigenvalue weighted by Gasteiger charge is -2.00. The normalized spacial score (nSPS) is 22.7. The number of hydrogen-bond acceptors (Lipinski definition) is 6. The number of nitrogens with one attached hydrogen (secondary N) is 1. The lowest BCUT2D eigenvalue weighted by Crippen LogP contribution is -2.14. The minimum Gasteiger partial charge on any atom is -0.337 e. The molecule has 6 nitrogen and oxygen atoms in total. The van der Waals surface area contributed by atoms with Gasteiger partial charge in [-0.2, -0.15) is 4.98 Å². The molecule has 96 valence electrons. The van der Waals surface area contributed by atoms with Crippen LogP contribution in [0.1, 0.15) is 18.4 Å². The summed E-state index contributed by atoms with van der Waals surface area (Å²) in [5.41, 5.74) is 0.539. The second-order valence-corrected chi connectivity index (χ2v) is 3.84. The van der Waals surface area contributed by atoms with Crippen molar-refractivity contribution in [1.82, 2.24) is 25.4 Å². The van der Waals surface area contributed by atoms with Gasteiger partial charge >= 0.3 is 0 Å². The number of aromatic nitrogens is 4. The smallest absolute Gasteiger partial charge is 0.244 e. The van der Waals surface area contributed by atoms with E-state index in [4.69, 9.17) is 4.52 Å². The number of rotatable bonds is 2. The molecule has 3 rings (SSSR count). The van der Waals surface area contributed by atoms with Crippen LogP contribution >= 0.6 is 12.4 Å². The monoisotopic (exact) mass is 271 g/mol. The molecule has 1 aliphatic heterocycles. The van der Waals surface area contributed by atoms with E-state index in [0.29, 0.717) is 30.4 Å². The summed E-state index contributed by atoms with van der Waals surface area (Å²) in [7, 11) is 0. The molecule has 0 unspecified atom stereocenters. The van der Waals surface area contributed by atoms with Gasteiger partial charge in [0.1, 0.15) is 11.9 Å². The predicted octanol–water partition coefficient (Wildman–Crippen LogP) is 1.32. The molecule has 0 aliphatic carbocycles. The van der Waals surface area contributed by atoms with Gasteiger partial charge in [-0.15, -0.1) is 12.4 Å². The van der Waals surface area contributed by atoms with Gasteiger partial charge in [0, 0.05) is 25.4 Å². The first-order chi connectivity index (χ1) is 8.33. The molecule has 1 fully saturated rings. The summed E-state index contributed by atoms with van der Waals surface area (Å²) in [5.74, 6) is 0.767.